The summed E-state index contributed by atoms with van der Waals surface area (Å²) in [4.78, 5) is 0. The van der Waals surface area contributed by atoms with Gasteiger partial charge in [-0.25, -0.2) is 0 Å². The second-order valence-electron chi connectivity index (χ2n) is 2.39. The van der Waals surface area contributed by atoms with Crippen molar-refractivity contribution in [1.29, 1.82) is 0 Å². The maximum atomic E-state index is 5.49. The molecule has 3 heteroatoms. The Balaban J connectivity index is 3.06. The fraction of sp³-hybridized carbons (Fsp3) is 0.250. The van der Waals surface area contributed by atoms with E-state index in [2.05, 4.69) is 0 Å². The van der Waals surface area contributed by atoms with Gasteiger partial charge in [0.05, 0.1) is 0 Å². The van der Waals surface area contributed by atoms with Crippen LogP contribution < -0.4 is 8.80 Å². The number of hydrogen-bond donors (Lipinski definition) is 1. The topological polar surface area (TPSA) is 35.2 Å². The van der Waals surface area contributed by atoms with E-state index >= 15 is 0 Å². The molecular weight excluding hydrogens is 253 g/mol. The third kappa shape index (κ3) is 2.07. The van der Waals surface area contributed by atoms with E-state index in [-0.39, 0.29) is 0 Å². The van der Waals surface area contributed by atoms with Gasteiger partial charge >= 0.3 is 0 Å². The summed E-state index contributed by atoms with van der Waals surface area (Å²) in [5.74, 6) is 0.869. The first-order chi connectivity index (χ1) is 5.27. The Labute approximate surface area is 80.4 Å². The van der Waals surface area contributed by atoms with Crippen LogP contribution in [0.3, 0.4) is 0 Å². The molecule has 0 aliphatic heterocycles. The predicted molar refractivity (Wildman–Crippen MR) is 53.7 cm³/mol. The number of halogens is 1. The first-order valence-electron chi connectivity index (χ1n) is 3.36. The molecule has 0 aromatic heterocycles. The van der Waals surface area contributed by atoms with E-state index < -0.39 is 0 Å². The molecule has 2 N–H and O–H groups in total. The predicted octanol–water partition coefficient (Wildman–Crippen LogP) is 2.18. The van der Waals surface area contributed by atoms with E-state index in [4.69, 9.17) is 8.80 Å². The molecule has 0 radical (unpaired) electrons. The highest BCUT2D eigenvalue weighted by molar-refractivity contribution is 14.1. The zero-order chi connectivity index (χ0) is 8.27. The normalized spacial score (nSPS) is 9.73. The molecule has 0 unspecified atom stereocenters. The molecule has 0 amide bonds. The quantitative estimate of drug-likeness (QED) is 0.830. The van der Waals surface area contributed by atoms with Gasteiger partial charge in [0.15, 0.2) is 23.0 Å². The van der Waals surface area contributed by atoms with Crippen LogP contribution in [0.2, 0.25) is 0 Å². The Bertz CT molecular complexity index is 250. The van der Waals surface area contributed by atoms with Gasteiger partial charge in [0, 0.05) is 12.1 Å². The van der Waals surface area contributed by atoms with Crippen molar-refractivity contribution in [3.63, 3.8) is 0 Å². The summed E-state index contributed by atoms with van der Waals surface area (Å²) in [6, 6.07) is 6.00. The van der Waals surface area contributed by atoms with Crippen LogP contribution in [0.1, 0.15) is 11.1 Å². The Hall–Kier alpha value is -0.290. The standard InChI is InChI=1S/C8H10INO/c1-6-2-3-7(5-10)8(4-6)11-9/h2-4H,5,10H2,1H3. The van der Waals surface area contributed by atoms with Gasteiger partial charge in [0.25, 0.3) is 0 Å². The zero-order valence-electron chi connectivity index (χ0n) is 6.30. The Kier molecular flexibility index (Phi) is 3.14. The van der Waals surface area contributed by atoms with Crippen molar-refractivity contribution in [2.45, 2.75) is 13.5 Å². The second kappa shape index (κ2) is 3.92. The maximum absolute atomic E-state index is 5.49. The van der Waals surface area contributed by atoms with Gasteiger partial charge in [0.2, 0.25) is 0 Å². The molecule has 1 aromatic rings. The molecule has 0 atom stereocenters. The number of aryl methyl sites for hydroxylation is 1. The molecular formula is C8H10INO. The first kappa shape index (κ1) is 8.80. The lowest BCUT2D eigenvalue weighted by Crippen LogP contribution is -1.97. The van der Waals surface area contributed by atoms with Gasteiger partial charge in [-0.05, 0) is 18.6 Å². The lowest BCUT2D eigenvalue weighted by molar-refractivity contribution is 0.699. The van der Waals surface area contributed by atoms with E-state index in [9.17, 15) is 0 Å². The fourth-order valence-corrected chi connectivity index (χ4v) is 1.31. The summed E-state index contributed by atoms with van der Waals surface area (Å²) in [6.45, 7) is 2.55. The van der Waals surface area contributed by atoms with Gasteiger partial charge in [0.1, 0.15) is 5.75 Å². The van der Waals surface area contributed by atoms with Gasteiger partial charge in [-0.1, -0.05) is 12.1 Å². The van der Waals surface area contributed by atoms with Gasteiger partial charge in [-0.2, -0.15) is 0 Å². The highest BCUT2D eigenvalue weighted by Crippen LogP contribution is 2.21. The molecule has 0 bridgehead atoms. The Morgan fingerprint density at radius 1 is 1.55 bits per heavy atom. The van der Waals surface area contributed by atoms with E-state index in [1.165, 1.54) is 5.56 Å². The molecule has 0 saturated heterocycles. The fourth-order valence-electron chi connectivity index (χ4n) is 0.902. The average molecular weight is 263 g/mol. The third-order valence-corrected chi connectivity index (χ3v) is 2.00. The van der Waals surface area contributed by atoms with Crippen LogP contribution in [0.4, 0.5) is 0 Å². The molecule has 0 fully saturated rings. The summed E-state index contributed by atoms with van der Waals surface area (Å²) in [5, 5.41) is 0. The third-order valence-electron chi connectivity index (χ3n) is 1.53. The number of benzene rings is 1. The molecule has 0 heterocycles. The van der Waals surface area contributed by atoms with Crippen LogP contribution in [-0.2, 0) is 6.54 Å². The van der Waals surface area contributed by atoms with E-state index in [0.717, 1.165) is 11.3 Å². The summed E-state index contributed by atoms with van der Waals surface area (Å²) in [6.07, 6.45) is 0. The molecule has 0 spiro atoms. The van der Waals surface area contributed by atoms with Crippen LogP contribution in [0.15, 0.2) is 18.2 Å². The number of rotatable bonds is 2. The molecule has 2 nitrogen and oxygen atoms in total. The number of nitrogens with two attached hydrogens (primary N) is 1. The maximum Gasteiger partial charge on any atom is 0.192 e. The summed E-state index contributed by atoms with van der Waals surface area (Å²) >= 11 is 1.86. The van der Waals surface area contributed by atoms with Crippen molar-refractivity contribution in [2.24, 2.45) is 5.73 Å². The van der Waals surface area contributed by atoms with E-state index in [0.29, 0.717) is 6.54 Å². The van der Waals surface area contributed by atoms with Crippen molar-refractivity contribution in [1.82, 2.24) is 0 Å². The van der Waals surface area contributed by atoms with Crippen molar-refractivity contribution in [3.8, 4) is 5.75 Å². The summed E-state index contributed by atoms with van der Waals surface area (Å²) in [7, 11) is 0. The smallest absolute Gasteiger partial charge is 0.192 e. The molecule has 60 valence electrons. The average Bonchev–Trinajstić information content (AvgIpc) is 2.04. The monoisotopic (exact) mass is 263 g/mol. The second-order valence-corrected chi connectivity index (χ2v) is 2.83. The minimum absolute atomic E-state index is 0.526. The van der Waals surface area contributed by atoms with E-state index in [1.807, 2.05) is 48.1 Å². The lowest BCUT2D eigenvalue weighted by atomic mass is 10.1. The van der Waals surface area contributed by atoms with Gasteiger partial charge in [-0.3, -0.25) is 0 Å². The van der Waals surface area contributed by atoms with Crippen molar-refractivity contribution in [3.05, 3.63) is 29.3 Å². The number of hydrogen-bond acceptors (Lipinski definition) is 2. The van der Waals surface area contributed by atoms with E-state index in [1.54, 1.807) is 0 Å². The highest BCUT2D eigenvalue weighted by Gasteiger charge is 2.00. The molecule has 0 saturated carbocycles. The van der Waals surface area contributed by atoms with Gasteiger partial charge in [-0.15, -0.1) is 0 Å². The Morgan fingerprint density at radius 3 is 2.82 bits per heavy atom. The minimum atomic E-state index is 0.526. The van der Waals surface area contributed by atoms with Gasteiger partial charge < -0.3 is 8.80 Å². The lowest BCUT2D eigenvalue weighted by Gasteiger charge is -2.04. The van der Waals surface area contributed by atoms with Crippen LogP contribution in [0, 0.1) is 6.92 Å². The van der Waals surface area contributed by atoms with Crippen LogP contribution in [-0.4, -0.2) is 0 Å². The first-order valence-corrected chi connectivity index (χ1v) is 4.24. The minimum Gasteiger partial charge on any atom is -0.427 e. The zero-order valence-corrected chi connectivity index (χ0v) is 8.46. The Morgan fingerprint density at radius 2 is 2.27 bits per heavy atom. The molecule has 0 aliphatic carbocycles. The van der Waals surface area contributed by atoms with Crippen molar-refractivity contribution >= 4 is 23.0 Å². The summed E-state index contributed by atoms with van der Waals surface area (Å²) < 4.78 is 5.11. The molecule has 11 heavy (non-hydrogen) atoms. The largest absolute Gasteiger partial charge is 0.427 e. The summed E-state index contributed by atoms with van der Waals surface area (Å²) in [5.41, 5.74) is 7.73. The molecule has 0 aliphatic rings. The molecule has 1 aromatic carbocycles. The SMILES string of the molecule is Cc1ccc(CN)c(OI)c1. The van der Waals surface area contributed by atoms with Crippen LogP contribution >= 0.6 is 23.0 Å². The van der Waals surface area contributed by atoms with Crippen molar-refractivity contribution in [2.75, 3.05) is 0 Å². The van der Waals surface area contributed by atoms with Crippen LogP contribution in [0.25, 0.3) is 0 Å². The van der Waals surface area contributed by atoms with Crippen LogP contribution in [0.5, 0.6) is 5.75 Å². The molecule has 1 rings (SSSR count). The highest BCUT2D eigenvalue weighted by atomic mass is 127. The van der Waals surface area contributed by atoms with Crippen molar-refractivity contribution < 1.29 is 3.07 Å².